The van der Waals surface area contributed by atoms with Crippen LogP contribution in [0.25, 0.3) is 0 Å². The summed E-state index contributed by atoms with van der Waals surface area (Å²) in [6, 6.07) is 6.08. The molecule has 0 bridgehead atoms. The second-order valence-electron chi connectivity index (χ2n) is 6.37. The van der Waals surface area contributed by atoms with Crippen molar-refractivity contribution >= 4 is 22.2 Å². The number of hydrogen-bond donors (Lipinski definition) is 1. The molecule has 1 aromatic carbocycles. The number of amides is 1. The third-order valence-corrected chi connectivity index (χ3v) is 6.23. The van der Waals surface area contributed by atoms with Crippen LogP contribution >= 0.6 is 11.3 Å². The Labute approximate surface area is 138 Å². The molecular weight excluding hydrogens is 310 g/mol. The van der Waals surface area contributed by atoms with Crippen molar-refractivity contribution in [2.24, 2.45) is 0 Å². The summed E-state index contributed by atoms with van der Waals surface area (Å²) in [7, 11) is 0. The number of aryl methyl sites for hydroxylation is 1. The van der Waals surface area contributed by atoms with Crippen LogP contribution in [0, 0.1) is 0 Å². The van der Waals surface area contributed by atoms with Crippen molar-refractivity contribution in [2.45, 2.75) is 38.0 Å². The lowest BCUT2D eigenvalue weighted by Gasteiger charge is -2.25. The quantitative estimate of drug-likeness (QED) is 0.866. The normalized spacial score (nSPS) is 21.6. The van der Waals surface area contributed by atoms with Gasteiger partial charge in [0.2, 0.25) is 12.7 Å². The molecule has 0 unspecified atom stereocenters. The van der Waals surface area contributed by atoms with Gasteiger partial charge in [0.25, 0.3) is 0 Å². The fourth-order valence-corrected chi connectivity index (χ4v) is 5.30. The standard InChI is InChI=1S/C18H17NO3S/c20-16-8-12(10-5-6-13-14(7-10)22-9-21-13)17-11-3-1-2-4-15(11)23-18(17)19-16/h5-7,12H,1-4,8-9H2,(H,19,20)/t12-/m0/s1. The molecule has 1 aromatic heterocycles. The van der Waals surface area contributed by atoms with Crippen molar-refractivity contribution in [3.05, 3.63) is 39.8 Å². The number of ether oxygens (including phenoxy) is 2. The number of carbonyl (C=O) groups is 1. The molecule has 23 heavy (non-hydrogen) atoms. The van der Waals surface area contributed by atoms with E-state index in [-0.39, 0.29) is 18.6 Å². The molecule has 1 aliphatic carbocycles. The van der Waals surface area contributed by atoms with Gasteiger partial charge in [-0.25, -0.2) is 0 Å². The summed E-state index contributed by atoms with van der Waals surface area (Å²) < 4.78 is 10.9. The molecule has 0 saturated heterocycles. The number of carbonyl (C=O) groups excluding carboxylic acids is 1. The third kappa shape index (κ3) is 2.06. The summed E-state index contributed by atoms with van der Waals surface area (Å²) in [4.78, 5) is 13.7. The zero-order chi connectivity index (χ0) is 15.4. The summed E-state index contributed by atoms with van der Waals surface area (Å²) in [5.41, 5.74) is 3.98. The first-order chi connectivity index (χ1) is 11.3. The van der Waals surface area contributed by atoms with Crippen LogP contribution in [-0.4, -0.2) is 12.7 Å². The average Bonchev–Trinajstić information content (AvgIpc) is 3.17. The van der Waals surface area contributed by atoms with Gasteiger partial charge >= 0.3 is 0 Å². The molecule has 0 fully saturated rings. The minimum absolute atomic E-state index is 0.110. The fourth-order valence-electron chi connectivity index (χ4n) is 3.93. The van der Waals surface area contributed by atoms with E-state index in [2.05, 4.69) is 11.4 Å². The Kier molecular flexibility index (Phi) is 2.92. The molecule has 2 aromatic rings. The molecule has 0 saturated carbocycles. The number of nitrogens with one attached hydrogen (secondary N) is 1. The zero-order valence-corrected chi connectivity index (χ0v) is 13.5. The Morgan fingerprint density at radius 1 is 1.13 bits per heavy atom. The smallest absolute Gasteiger partial charge is 0.231 e. The SMILES string of the molecule is O=C1C[C@@H](c2ccc3c(c2)OCO3)c2c(sc3c2CCCC3)N1. The van der Waals surface area contributed by atoms with E-state index in [0.29, 0.717) is 6.42 Å². The fraction of sp³-hybridized carbons (Fsp3) is 0.389. The molecule has 3 aliphatic rings. The molecule has 5 heteroatoms. The Hall–Kier alpha value is -2.01. The average molecular weight is 327 g/mol. The summed E-state index contributed by atoms with van der Waals surface area (Å²) in [6.45, 7) is 0.281. The van der Waals surface area contributed by atoms with Crippen molar-refractivity contribution in [3.63, 3.8) is 0 Å². The molecule has 0 spiro atoms. The highest BCUT2D eigenvalue weighted by Crippen LogP contribution is 2.48. The van der Waals surface area contributed by atoms with Crippen LogP contribution < -0.4 is 14.8 Å². The van der Waals surface area contributed by atoms with Gasteiger partial charge in [-0.3, -0.25) is 4.79 Å². The van der Waals surface area contributed by atoms with Crippen molar-refractivity contribution in [2.75, 3.05) is 12.1 Å². The van der Waals surface area contributed by atoms with Crippen LogP contribution in [0.15, 0.2) is 18.2 Å². The first-order valence-electron chi connectivity index (χ1n) is 8.13. The number of fused-ring (bicyclic) bond motifs is 4. The predicted octanol–water partition coefficient (Wildman–Crippen LogP) is 3.83. The molecular formula is C18H17NO3S. The van der Waals surface area contributed by atoms with Gasteiger partial charge in [-0.2, -0.15) is 0 Å². The highest BCUT2D eigenvalue weighted by molar-refractivity contribution is 7.16. The molecule has 1 atom stereocenters. The third-order valence-electron chi connectivity index (χ3n) is 5.00. The highest BCUT2D eigenvalue weighted by Gasteiger charge is 2.33. The molecule has 4 nitrogen and oxygen atoms in total. The van der Waals surface area contributed by atoms with Crippen LogP contribution in [0.2, 0.25) is 0 Å². The first-order valence-corrected chi connectivity index (χ1v) is 8.95. The van der Waals surface area contributed by atoms with E-state index in [0.717, 1.165) is 34.9 Å². The molecule has 1 amide bonds. The van der Waals surface area contributed by atoms with Gasteiger partial charge in [0, 0.05) is 17.2 Å². The summed E-state index contributed by atoms with van der Waals surface area (Å²) in [6.07, 6.45) is 5.30. The van der Waals surface area contributed by atoms with E-state index in [1.807, 2.05) is 12.1 Å². The minimum Gasteiger partial charge on any atom is -0.454 e. The predicted molar refractivity (Wildman–Crippen MR) is 88.6 cm³/mol. The van der Waals surface area contributed by atoms with Gasteiger partial charge in [0.15, 0.2) is 11.5 Å². The van der Waals surface area contributed by atoms with Crippen molar-refractivity contribution < 1.29 is 14.3 Å². The van der Waals surface area contributed by atoms with Crippen LogP contribution in [0.1, 0.15) is 46.7 Å². The van der Waals surface area contributed by atoms with E-state index in [1.54, 1.807) is 11.3 Å². The van der Waals surface area contributed by atoms with Crippen LogP contribution in [0.4, 0.5) is 5.00 Å². The lowest BCUT2D eigenvalue weighted by atomic mass is 9.82. The summed E-state index contributed by atoms with van der Waals surface area (Å²) in [5.74, 6) is 1.82. The van der Waals surface area contributed by atoms with Gasteiger partial charge in [-0.1, -0.05) is 6.07 Å². The van der Waals surface area contributed by atoms with Gasteiger partial charge < -0.3 is 14.8 Å². The van der Waals surface area contributed by atoms with Crippen LogP contribution in [0.5, 0.6) is 11.5 Å². The van der Waals surface area contributed by atoms with Crippen molar-refractivity contribution in [3.8, 4) is 11.5 Å². The second-order valence-corrected chi connectivity index (χ2v) is 7.48. The Morgan fingerprint density at radius 2 is 2.00 bits per heavy atom. The molecule has 2 aliphatic heterocycles. The number of hydrogen-bond acceptors (Lipinski definition) is 4. The lowest BCUT2D eigenvalue weighted by Crippen LogP contribution is -2.23. The van der Waals surface area contributed by atoms with Crippen LogP contribution in [0.3, 0.4) is 0 Å². The largest absolute Gasteiger partial charge is 0.454 e. The lowest BCUT2D eigenvalue weighted by molar-refractivity contribution is -0.116. The molecule has 5 rings (SSSR count). The molecule has 1 N–H and O–H groups in total. The van der Waals surface area contributed by atoms with E-state index in [9.17, 15) is 4.79 Å². The maximum Gasteiger partial charge on any atom is 0.231 e. The molecule has 3 heterocycles. The second kappa shape index (κ2) is 4.99. The maximum atomic E-state index is 12.2. The Morgan fingerprint density at radius 3 is 2.96 bits per heavy atom. The number of rotatable bonds is 1. The topological polar surface area (TPSA) is 47.6 Å². The zero-order valence-electron chi connectivity index (χ0n) is 12.7. The van der Waals surface area contributed by atoms with Gasteiger partial charge in [-0.05, 0) is 54.5 Å². The van der Waals surface area contributed by atoms with Crippen molar-refractivity contribution in [1.82, 2.24) is 0 Å². The maximum absolute atomic E-state index is 12.2. The van der Waals surface area contributed by atoms with E-state index < -0.39 is 0 Å². The van der Waals surface area contributed by atoms with E-state index in [4.69, 9.17) is 9.47 Å². The number of anilines is 1. The van der Waals surface area contributed by atoms with Crippen LogP contribution in [-0.2, 0) is 17.6 Å². The van der Waals surface area contributed by atoms with E-state index in [1.165, 1.54) is 28.8 Å². The summed E-state index contributed by atoms with van der Waals surface area (Å²) >= 11 is 1.78. The first kappa shape index (κ1) is 13.4. The minimum atomic E-state index is 0.110. The molecule has 118 valence electrons. The Bertz CT molecular complexity index is 811. The number of benzene rings is 1. The number of thiophene rings is 1. The highest BCUT2D eigenvalue weighted by atomic mass is 32.1. The van der Waals surface area contributed by atoms with E-state index >= 15 is 0 Å². The van der Waals surface area contributed by atoms with Gasteiger partial charge in [0.05, 0.1) is 5.00 Å². The molecule has 0 radical (unpaired) electrons. The van der Waals surface area contributed by atoms with Gasteiger partial charge in [-0.15, -0.1) is 11.3 Å². The Balaban J connectivity index is 1.64. The monoisotopic (exact) mass is 327 g/mol. The van der Waals surface area contributed by atoms with Gasteiger partial charge in [0.1, 0.15) is 0 Å². The summed E-state index contributed by atoms with van der Waals surface area (Å²) in [5, 5.41) is 4.16. The van der Waals surface area contributed by atoms with Crippen molar-refractivity contribution in [1.29, 1.82) is 0 Å².